The summed E-state index contributed by atoms with van der Waals surface area (Å²) in [6, 6.07) is 0. The Morgan fingerprint density at radius 1 is 0.810 bits per heavy atom. The van der Waals surface area contributed by atoms with Crippen molar-refractivity contribution in [3.8, 4) is 0 Å². The summed E-state index contributed by atoms with van der Waals surface area (Å²) in [4.78, 5) is 0. The third kappa shape index (κ3) is 7.24. The number of unbranched alkanes of at least 4 members (excludes halogenated alkanes) is 3. The summed E-state index contributed by atoms with van der Waals surface area (Å²) in [6.07, 6.45) is 14.5. The molecule has 0 spiro atoms. The molecular formula is C19H40OSn. The molecule has 0 bridgehead atoms. The molecule has 0 aromatic carbocycles. The molecule has 0 aliphatic heterocycles. The first-order chi connectivity index (χ1) is 10.2. The fourth-order valence-electron chi connectivity index (χ4n) is 3.83. The van der Waals surface area contributed by atoms with Crippen LogP contribution in [0.15, 0.2) is 0 Å². The van der Waals surface area contributed by atoms with Gasteiger partial charge in [0.1, 0.15) is 0 Å². The molecule has 2 atom stereocenters. The van der Waals surface area contributed by atoms with Crippen molar-refractivity contribution in [3.05, 3.63) is 0 Å². The van der Waals surface area contributed by atoms with Gasteiger partial charge in [0.25, 0.3) is 0 Å². The molecule has 1 aliphatic rings. The summed E-state index contributed by atoms with van der Waals surface area (Å²) in [5.41, 5.74) is 0. The van der Waals surface area contributed by atoms with Gasteiger partial charge in [-0.1, -0.05) is 0 Å². The minimum absolute atomic E-state index is 0.625. The summed E-state index contributed by atoms with van der Waals surface area (Å²) >= 11 is -2.35. The van der Waals surface area contributed by atoms with Gasteiger partial charge in [0.05, 0.1) is 0 Å². The summed E-state index contributed by atoms with van der Waals surface area (Å²) < 4.78 is 11.6. The third-order valence-corrected chi connectivity index (χ3v) is 18.5. The molecule has 126 valence electrons. The average Bonchev–Trinajstić information content (AvgIpc) is 2.51. The topological polar surface area (TPSA) is 9.23 Å². The second-order valence-electron chi connectivity index (χ2n) is 7.41. The zero-order chi connectivity index (χ0) is 15.6. The van der Waals surface area contributed by atoms with Crippen LogP contribution in [0.5, 0.6) is 0 Å². The van der Waals surface area contributed by atoms with E-state index in [1.165, 1.54) is 77.5 Å². The Kier molecular flexibility index (Phi) is 10.7. The van der Waals surface area contributed by atoms with Crippen molar-refractivity contribution in [1.82, 2.24) is 0 Å². The van der Waals surface area contributed by atoms with Crippen LogP contribution in [0.3, 0.4) is 0 Å². The van der Waals surface area contributed by atoms with Gasteiger partial charge in [-0.05, 0) is 0 Å². The zero-order valence-electron chi connectivity index (χ0n) is 15.3. The number of rotatable bonds is 11. The molecule has 1 nitrogen and oxygen atoms in total. The van der Waals surface area contributed by atoms with E-state index in [0.717, 1.165) is 5.92 Å². The summed E-state index contributed by atoms with van der Waals surface area (Å²) in [5.74, 6) is 0.819. The molecule has 0 N–H and O–H groups in total. The first-order valence-corrected chi connectivity index (χ1v) is 17.1. The van der Waals surface area contributed by atoms with Gasteiger partial charge in [-0.3, -0.25) is 0 Å². The molecule has 0 aromatic heterocycles. The van der Waals surface area contributed by atoms with Crippen LogP contribution >= 0.6 is 0 Å². The summed E-state index contributed by atoms with van der Waals surface area (Å²) in [7, 11) is 0. The first-order valence-electron chi connectivity index (χ1n) is 9.85. The van der Waals surface area contributed by atoms with Crippen LogP contribution in [0.4, 0.5) is 0 Å². The van der Waals surface area contributed by atoms with E-state index >= 15 is 0 Å². The molecule has 0 amide bonds. The molecule has 2 unspecified atom stereocenters. The number of hydrogen-bond donors (Lipinski definition) is 0. The fourth-order valence-corrected chi connectivity index (χ4v) is 18.4. The zero-order valence-corrected chi connectivity index (χ0v) is 18.1. The monoisotopic (exact) mass is 404 g/mol. The molecule has 1 fully saturated rings. The number of hydrogen-bond acceptors (Lipinski definition) is 1. The van der Waals surface area contributed by atoms with Crippen LogP contribution in [0.25, 0.3) is 0 Å². The van der Waals surface area contributed by atoms with E-state index in [1.54, 1.807) is 0 Å². The average molecular weight is 403 g/mol. The van der Waals surface area contributed by atoms with Gasteiger partial charge in [0.2, 0.25) is 0 Å². The molecular weight excluding hydrogens is 363 g/mol. The molecule has 21 heavy (non-hydrogen) atoms. The second-order valence-corrected chi connectivity index (χ2v) is 19.1. The van der Waals surface area contributed by atoms with Crippen molar-refractivity contribution in [3.63, 3.8) is 0 Å². The third-order valence-electron chi connectivity index (χ3n) is 5.39. The SMILES string of the molecule is CCC[CH2][Sn]([CH2]CCC)([CH2]CCC)[O]C1CCCCC1C. The van der Waals surface area contributed by atoms with Gasteiger partial charge in [-0.2, -0.15) is 0 Å². The van der Waals surface area contributed by atoms with Crippen LogP contribution in [-0.4, -0.2) is 24.9 Å². The Bertz CT molecular complexity index is 232. The van der Waals surface area contributed by atoms with Gasteiger partial charge < -0.3 is 0 Å². The molecule has 0 radical (unpaired) electrons. The Balaban J connectivity index is 2.73. The van der Waals surface area contributed by atoms with Crippen molar-refractivity contribution in [2.45, 2.75) is 111 Å². The van der Waals surface area contributed by atoms with E-state index in [9.17, 15) is 0 Å². The summed E-state index contributed by atoms with van der Waals surface area (Å²) in [6.45, 7) is 9.48. The maximum absolute atomic E-state index is 7.11. The van der Waals surface area contributed by atoms with Crippen LogP contribution in [0.2, 0.25) is 13.3 Å². The Hall–Kier alpha value is 0.759. The maximum atomic E-state index is 7.11. The molecule has 1 aliphatic carbocycles. The predicted octanol–water partition coefficient (Wildman–Crippen LogP) is 6.93. The summed E-state index contributed by atoms with van der Waals surface area (Å²) in [5, 5.41) is 0. The molecule has 2 heteroatoms. The van der Waals surface area contributed by atoms with Gasteiger partial charge in [-0.25, -0.2) is 0 Å². The van der Waals surface area contributed by atoms with Crippen molar-refractivity contribution >= 4 is 18.8 Å². The van der Waals surface area contributed by atoms with Gasteiger partial charge in [-0.15, -0.1) is 0 Å². The van der Waals surface area contributed by atoms with Crippen molar-refractivity contribution in [2.75, 3.05) is 0 Å². The molecule has 0 heterocycles. The molecule has 1 rings (SSSR count). The van der Waals surface area contributed by atoms with Crippen molar-refractivity contribution in [2.24, 2.45) is 5.92 Å². The predicted molar refractivity (Wildman–Crippen MR) is 97.4 cm³/mol. The molecule has 0 saturated heterocycles. The fraction of sp³-hybridized carbons (Fsp3) is 1.00. The van der Waals surface area contributed by atoms with Crippen LogP contribution in [-0.2, 0) is 3.07 Å². The van der Waals surface area contributed by atoms with E-state index in [-0.39, 0.29) is 0 Å². The van der Waals surface area contributed by atoms with E-state index in [0.29, 0.717) is 6.10 Å². The Labute approximate surface area is 139 Å². The second kappa shape index (κ2) is 11.3. The quantitative estimate of drug-likeness (QED) is 0.340. The standard InChI is InChI=1S/C7H13O.3C4H9.Sn/c1-6-4-2-3-5-7(6)8;3*1-3-4-2;/h6-7H,2-5H2,1H3;3*1,3-4H2,2H3;/q-1;;;;+1. The Morgan fingerprint density at radius 2 is 1.29 bits per heavy atom. The van der Waals surface area contributed by atoms with Crippen LogP contribution in [0, 0.1) is 5.92 Å². The first kappa shape index (κ1) is 19.8. The van der Waals surface area contributed by atoms with Gasteiger partial charge >= 0.3 is 139 Å². The van der Waals surface area contributed by atoms with Crippen molar-refractivity contribution in [1.29, 1.82) is 0 Å². The van der Waals surface area contributed by atoms with E-state index in [1.807, 2.05) is 0 Å². The van der Waals surface area contributed by atoms with E-state index < -0.39 is 18.8 Å². The van der Waals surface area contributed by atoms with Crippen LogP contribution in [0.1, 0.15) is 91.9 Å². The van der Waals surface area contributed by atoms with Gasteiger partial charge in [0.15, 0.2) is 0 Å². The van der Waals surface area contributed by atoms with E-state index in [4.69, 9.17) is 3.07 Å². The normalized spacial score (nSPS) is 23.4. The van der Waals surface area contributed by atoms with Crippen molar-refractivity contribution < 1.29 is 3.07 Å². The van der Waals surface area contributed by atoms with Gasteiger partial charge in [0, 0.05) is 0 Å². The Morgan fingerprint density at radius 3 is 1.71 bits per heavy atom. The van der Waals surface area contributed by atoms with E-state index in [2.05, 4.69) is 27.7 Å². The van der Waals surface area contributed by atoms with Crippen LogP contribution < -0.4 is 0 Å². The molecule has 1 saturated carbocycles. The minimum atomic E-state index is -2.35. The molecule has 0 aromatic rings.